The predicted molar refractivity (Wildman–Crippen MR) is 79.6 cm³/mol. The standard InChI is InChI=1S/C15H26N4O2/c16-12-3-7-18(8-4-12)13-5-6-17(11-13)9-10-19-14(20)1-2-15(19)21/h12-13H,1-11,16H2. The van der Waals surface area contributed by atoms with Crippen LogP contribution in [0.15, 0.2) is 0 Å². The average Bonchev–Trinajstić information content (AvgIpc) is 3.06. The zero-order chi connectivity index (χ0) is 14.8. The molecule has 21 heavy (non-hydrogen) atoms. The van der Waals surface area contributed by atoms with E-state index in [1.807, 2.05) is 0 Å². The molecule has 0 aliphatic carbocycles. The topological polar surface area (TPSA) is 69.9 Å². The first-order valence-corrected chi connectivity index (χ1v) is 8.18. The lowest BCUT2D eigenvalue weighted by molar-refractivity contribution is -0.138. The lowest BCUT2D eigenvalue weighted by Crippen LogP contribution is -2.46. The van der Waals surface area contributed by atoms with Gasteiger partial charge in [-0.15, -0.1) is 0 Å². The minimum Gasteiger partial charge on any atom is -0.328 e. The molecule has 0 aromatic rings. The number of nitrogens with two attached hydrogens (primary N) is 1. The molecule has 1 unspecified atom stereocenters. The second kappa shape index (κ2) is 6.42. The first kappa shape index (κ1) is 14.9. The summed E-state index contributed by atoms with van der Waals surface area (Å²) in [6.07, 6.45) is 4.20. The molecule has 0 bridgehead atoms. The summed E-state index contributed by atoms with van der Waals surface area (Å²) in [6.45, 7) is 5.75. The van der Waals surface area contributed by atoms with Crippen molar-refractivity contribution in [3.05, 3.63) is 0 Å². The molecule has 6 nitrogen and oxygen atoms in total. The highest BCUT2D eigenvalue weighted by Gasteiger charge is 2.32. The number of hydrogen-bond donors (Lipinski definition) is 1. The van der Waals surface area contributed by atoms with Crippen LogP contribution in [0.4, 0.5) is 0 Å². The fraction of sp³-hybridized carbons (Fsp3) is 0.867. The number of nitrogens with zero attached hydrogens (tertiary/aromatic N) is 3. The molecule has 0 radical (unpaired) electrons. The molecule has 0 aromatic heterocycles. The highest BCUT2D eigenvalue weighted by atomic mass is 16.2. The number of carbonyl (C=O) groups is 2. The third-order valence-electron chi connectivity index (χ3n) is 5.13. The number of hydrogen-bond acceptors (Lipinski definition) is 5. The van der Waals surface area contributed by atoms with Crippen LogP contribution in [-0.4, -0.2) is 77.9 Å². The van der Waals surface area contributed by atoms with Crippen molar-refractivity contribution in [2.45, 2.75) is 44.2 Å². The molecule has 2 amide bonds. The summed E-state index contributed by atoms with van der Waals surface area (Å²) >= 11 is 0. The Morgan fingerprint density at radius 2 is 1.62 bits per heavy atom. The van der Waals surface area contributed by atoms with E-state index in [1.165, 1.54) is 11.3 Å². The minimum atomic E-state index is 0.000708. The van der Waals surface area contributed by atoms with Crippen LogP contribution < -0.4 is 5.73 Å². The lowest BCUT2D eigenvalue weighted by atomic mass is 10.0. The van der Waals surface area contributed by atoms with Gasteiger partial charge in [0.15, 0.2) is 0 Å². The molecule has 1 atom stereocenters. The molecule has 0 spiro atoms. The zero-order valence-corrected chi connectivity index (χ0v) is 12.7. The summed E-state index contributed by atoms with van der Waals surface area (Å²) < 4.78 is 0. The van der Waals surface area contributed by atoms with Gasteiger partial charge in [0.2, 0.25) is 11.8 Å². The van der Waals surface area contributed by atoms with Crippen LogP contribution in [0.5, 0.6) is 0 Å². The number of rotatable bonds is 4. The average molecular weight is 294 g/mol. The molecule has 6 heteroatoms. The van der Waals surface area contributed by atoms with Crippen molar-refractivity contribution in [2.75, 3.05) is 39.3 Å². The smallest absolute Gasteiger partial charge is 0.229 e. The molecule has 3 heterocycles. The van der Waals surface area contributed by atoms with Gasteiger partial charge in [-0.1, -0.05) is 0 Å². The number of imide groups is 1. The Morgan fingerprint density at radius 1 is 0.952 bits per heavy atom. The molecular formula is C15H26N4O2. The molecular weight excluding hydrogens is 268 g/mol. The second-order valence-electron chi connectivity index (χ2n) is 6.56. The van der Waals surface area contributed by atoms with E-state index in [0.717, 1.165) is 45.6 Å². The maximum atomic E-state index is 11.6. The van der Waals surface area contributed by atoms with Crippen LogP contribution in [-0.2, 0) is 9.59 Å². The Kier molecular flexibility index (Phi) is 4.57. The highest BCUT2D eigenvalue weighted by Crippen LogP contribution is 2.20. The molecule has 3 aliphatic rings. The summed E-state index contributed by atoms with van der Waals surface area (Å²) in [4.78, 5) is 29.6. The SMILES string of the molecule is NC1CCN(C2CCN(CCN3C(=O)CCC3=O)C2)CC1. The van der Waals surface area contributed by atoms with Gasteiger partial charge in [0, 0.05) is 44.6 Å². The minimum absolute atomic E-state index is 0.000708. The van der Waals surface area contributed by atoms with Crippen molar-refractivity contribution < 1.29 is 9.59 Å². The molecule has 0 saturated carbocycles. The Hall–Kier alpha value is -0.980. The lowest BCUT2D eigenvalue weighted by Gasteiger charge is -2.34. The van der Waals surface area contributed by atoms with Crippen molar-refractivity contribution in [1.29, 1.82) is 0 Å². The van der Waals surface area contributed by atoms with Gasteiger partial charge in [0.05, 0.1) is 0 Å². The largest absolute Gasteiger partial charge is 0.328 e. The van der Waals surface area contributed by atoms with Gasteiger partial charge < -0.3 is 5.73 Å². The number of likely N-dealkylation sites (tertiary alicyclic amines) is 3. The third-order valence-corrected chi connectivity index (χ3v) is 5.13. The van der Waals surface area contributed by atoms with E-state index in [0.29, 0.717) is 31.5 Å². The molecule has 2 N–H and O–H groups in total. The van der Waals surface area contributed by atoms with Crippen LogP contribution in [0.3, 0.4) is 0 Å². The van der Waals surface area contributed by atoms with E-state index < -0.39 is 0 Å². The molecule has 3 saturated heterocycles. The van der Waals surface area contributed by atoms with Gasteiger partial charge in [-0.05, 0) is 38.9 Å². The molecule has 118 valence electrons. The number of amides is 2. The maximum Gasteiger partial charge on any atom is 0.229 e. The first-order chi connectivity index (χ1) is 10.1. The first-order valence-electron chi connectivity index (χ1n) is 8.18. The monoisotopic (exact) mass is 294 g/mol. The Bertz CT molecular complexity index is 390. The predicted octanol–water partition coefficient (Wildman–Crippen LogP) is -0.367. The van der Waals surface area contributed by atoms with Gasteiger partial charge in [0.25, 0.3) is 0 Å². The van der Waals surface area contributed by atoms with Crippen LogP contribution in [0.2, 0.25) is 0 Å². The fourth-order valence-electron chi connectivity index (χ4n) is 3.71. The van der Waals surface area contributed by atoms with Crippen molar-refractivity contribution in [2.24, 2.45) is 5.73 Å². The normalized spacial score (nSPS) is 29.8. The van der Waals surface area contributed by atoms with Gasteiger partial charge in [0.1, 0.15) is 0 Å². The van der Waals surface area contributed by atoms with E-state index in [1.54, 1.807) is 0 Å². The summed E-state index contributed by atoms with van der Waals surface area (Å²) in [5.41, 5.74) is 5.96. The second-order valence-corrected chi connectivity index (χ2v) is 6.56. The van der Waals surface area contributed by atoms with Gasteiger partial charge >= 0.3 is 0 Å². The van der Waals surface area contributed by atoms with Crippen LogP contribution >= 0.6 is 0 Å². The third kappa shape index (κ3) is 3.44. The Balaban J connectivity index is 1.42. The van der Waals surface area contributed by atoms with Crippen LogP contribution in [0.1, 0.15) is 32.1 Å². The van der Waals surface area contributed by atoms with E-state index in [9.17, 15) is 9.59 Å². The van der Waals surface area contributed by atoms with E-state index >= 15 is 0 Å². The van der Waals surface area contributed by atoms with E-state index in [4.69, 9.17) is 5.73 Å². The zero-order valence-electron chi connectivity index (χ0n) is 12.7. The Morgan fingerprint density at radius 3 is 2.29 bits per heavy atom. The highest BCUT2D eigenvalue weighted by molar-refractivity contribution is 6.01. The molecule has 3 rings (SSSR count). The van der Waals surface area contributed by atoms with Gasteiger partial charge in [-0.3, -0.25) is 24.3 Å². The summed E-state index contributed by atoms with van der Waals surface area (Å²) in [5.74, 6) is 0.00142. The summed E-state index contributed by atoms with van der Waals surface area (Å²) in [7, 11) is 0. The maximum absolute atomic E-state index is 11.6. The van der Waals surface area contributed by atoms with Gasteiger partial charge in [-0.25, -0.2) is 0 Å². The van der Waals surface area contributed by atoms with Crippen LogP contribution in [0, 0.1) is 0 Å². The molecule has 3 aliphatic heterocycles. The number of piperidine rings is 1. The van der Waals surface area contributed by atoms with Crippen LogP contribution in [0.25, 0.3) is 0 Å². The van der Waals surface area contributed by atoms with Crippen molar-refractivity contribution in [3.63, 3.8) is 0 Å². The van der Waals surface area contributed by atoms with Gasteiger partial charge in [-0.2, -0.15) is 0 Å². The molecule has 0 aromatic carbocycles. The Labute approximate surface area is 126 Å². The van der Waals surface area contributed by atoms with E-state index in [2.05, 4.69) is 9.80 Å². The van der Waals surface area contributed by atoms with Crippen molar-refractivity contribution in [3.8, 4) is 0 Å². The van der Waals surface area contributed by atoms with Crippen molar-refractivity contribution in [1.82, 2.24) is 14.7 Å². The van der Waals surface area contributed by atoms with Crippen molar-refractivity contribution >= 4 is 11.8 Å². The number of carbonyl (C=O) groups excluding carboxylic acids is 2. The summed E-state index contributed by atoms with van der Waals surface area (Å²) in [5, 5.41) is 0. The molecule has 3 fully saturated rings. The fourth-order valence-corrected chi connectivity index (χ4v) is 3.71. The summed E-state index contributed by atoms with van der Waals surface area (Å²) in [6, 6.07) is 1.01. The van der Waals surface area contributed by atoms with E-state index in [-0.39, 0.29) is 11.8 Å². The quantitative estimate of drug-likeness (QED) is 0.717.